The molecule has 0 aliphatic carbocycles. The highest BCUT2D eigenvalue weighted by Crippen LogP contribution is 2.10. The summed E-state index contributed by atoms with van der Waals surface area (Å²) in [5, 5.41) is 8.90. The van der Waals surface area contributed by atoms with Gasteiger partial charge >= 0.3 is 0 Å². The van der Waals surface area contributed by atoms with Gasteiger partial charge in [-0.2, -0.15) is 5.26 Å². The summed E-state index contributed by atoms with van der Waals surface area (Å²) >= 11 is 0. The van der Waals surface area contributed by atoms with E-state index in [0.717, 1.165) is 0 Å². The number of ketones is 1. The van der Waals surface area contributed by atoms with Crippen LogP contribution in [0, 0.1) is 11.3 Å². The Kier molecular flexibility index (Phi) is 3.22. The quantitative estimate of drug-likeness (QED) is 0.744. The zero-order chi connectivity index (χ0) is 12.1. The summed E-state index contributed by atoms with van der Waals surface area (Å²) in [6, 6.07) is 6.97. The van der Waals surface area contributed by atoms with Crippen LogP contribution in [0.15, 0.2) is 43.0 Å². The van der Waals surface area contributed by atoms with E-state index in [4.69, 9.17) is 5.26 Å². The van der Waals surface area contributed by atoms with Gasteiger partial charge < -0.3 is 0 Å². The molecule has 2 aromatic heterocycles. The van der Waals surface area contributed by atoms with Gasteiger partial charge in [-0.25, -0.2) is 0 Å². The summed E-state index contributed by atoms with van der Waals surface area (Å²) in [5.74, 6) is -0.0445. The standard InChI is InChI=1S/C13H9N3O/c14-8-11-3-6-16-9-12(11)7-13(17)10-1-4-15-5-2-10/h1-6,9H,7H2. The minimum absolute atomic E-state index is 0.0445. The van der Waals surface area contributed by atoms with Crippen molar-refractivity contribution in [1.82, 2.24) is 9.97 Å². The SMILES string of the molecule is N#Cc1ccncc1CC(=O)c1ccncc1. The molecule has 2 aromatic rings. The van der Waals surface area contributed by atoms with Crippen molar-refractivity contribution in [2.45, 2.75) is 6.42 Å². The molecule has 2 heterocycles. The van der Waals surface area contributed by atoms with Crippen LogP contribution in [-0.4, -0.2) is 15.8 Å². The van der Waals surface area contributed by atoms with Gasteiger partial charge in [0.25, 0.3) is 0 Å². The number of nitrogens with zero attached hydrogens (tertiary/aromatic N) is 3. The summed E-state index contributed by atoms with van der Waals surface area (Å²) < 4.78 is 0. The predicted octanol–water partition coefficient (Wildman–Crippen LogP) is 1.77. The molecule has 0 atom stereocenters. The first-order valence-corrected chi connectivity index (χ1v) is 5.07. The molecule has 0 saturated heterocycles. The molecule has 0 spiro atoms. The van der Waals surface area contributed by atoms with Crippen LogP contribution in [-0.2, 0) is 6.42 Å². The minimum Gasteiger partial charge on any atom is -0.294 e. The Balaban J connectivity index is 2.23. The van der Waals surface area contributed by atoms with Crippen molar-refractivity contribution in [3.05, 3.63) is 59.7 Å². The number of carbonyl (C=O) groups is 1. The molecule has 0 amide bonds. The van der Waals surface area contributed by atoms with Gasteiger partial charge in [-0.3, -0.25) is 14.8 Å². The number of hydrogen-bond donors (Lipinski definition) is 0. The van der Waals surface area contributed by atoms with Crippen LogP contribution in [0.2, 0.25) is 0 Å². The van der Waals surface area contributed by atoms with E-state index in [2.05, 4.69) is 9.97 Å². The Labute approximate surface area is 98.6 Å². The Morgan fingerprint density at radius 1 is 1.18 bits per heavy atom. The lowest BCUT2D eigenvalue weighted by molar-refractivity contribution is 0.0992. The first kappa shape index (κ1) is 11.0. The van der Waals surface area contributed by atoms with Crippen LogP contribution >= 0.6 is 0 Å². The highest BCUT2D eigenvalue weighted by molar-refractivity contribution is 5.97. The molecule has 2 rings (SSSR count). The van der Waals surface area contributed by atoms with Crippen LogP contribution in [0.3, 0.4) is 0 Å². The van der Waals surface area contributed by atoms with Crippen LogP contribution in [0.1, 0.15) is 21.5 Å². The van der Waals surface area contributed by atoms with E-state index < -0.39 is 0 Å². The molecule has 0 bridgehead atoms. The van der Waals surface area contributed by atoms with E-state index in [-0.39, 0.29) is 12.2 Å². The van der Waals surface area contributed by atoms with Crippen molar-refractivity contribution in [2.24, 2.45) is 0 Å². The van der Waals surface area contributed by atoms with Crippen LogP contribution < -0.4 is 0 Å². The minimum atomic E-state index is -0.0445. The highest BCUT2D eigenvalue weighted by atomic mass is 16.1. The molecule has 0 aliphatic rings. The van der Waals surface area contributed by atoms with Crippen molar-refractivity contribution < 1.29 is 4.79 Å². The molecule has 4 heteroatoms. The third-order valence-electron chi connectivity index (χ3n) is 2.38. The van der Waals surface area contributed by atoms with Crippen molar-refractivity contribution in [3.8, 4) is 6.07 Å². The largest absolute Gasteiger partial charge is 0.294 e. The van der Waals surface area contributed by atoms with Gasteiger partial charge in [0.2, 0.25) is 0 Å². The van der Waals surface area contributed by atoms with E-state index in [0.29, 0.717) is 16.7 Å². The molecule has 0 aromatic carbocycles. The second-order valence-corrected chi connectivity index (χ2v) is 3.48. The second-order valence-electron chi connectivity index (χ2n) is 3.48. The monoisotopic (exact) mass is 223 g/mol. The van der Waals surface area contributed by atoms with Gasteiger partial charge in [0, 0.05) is 36.8 Å². The third-order valence-corrected chi connectivity index (χ3v) is 2.38. The predicted molar refractivity (Wildman–Crippen MR) is 61.2 cm³/mol. The first-order chi connectivity index (χ1) is 8.31. The van der Waals surface area contributed by atoms with Crippen LogP contribution in [0.25, 0.3) is 0 Å². The summed E-state index contributed by atoms with van der Waals surface area (Å²) in [5.41, 5.74) is 1.73. The van der Waals surface area contributed by atoms with Gasteiger partial charge in [-0.05, 0) is 23.8 Å². The van der Waals surface area contributed by atoms with Crippen molar-refractivity contribution >= 4 is 5.78 Å². The number of hydrogen-bond acceptors (Lipinski definition) is 4. The highest BCUT2D eigenvalue weighted by Gasteiger charge is 2.09. The number of aromatic nitrogens is 2. The maximum absolute atomic E-state index is 11.9. The number of Topliss-reactive ketones (excluding diaryl/α,β-unsaturated/α-hetero) is 1. The first-order valence-electron chi connectivity index (χ1n) is 5.07. The summed E-state index contributed by atoms with van der Waals surface area (Å²) in [6.07, 6.45) is 6.42. The molecular formula is C13H9N3O. The molecule has 0 aliphatic heterocycles. The van der Waals surface area contributed by atoms with Crippen molar-refractivity contribution in [2.75, 3.05) is 0 Å². The van der Waals surface area contributed by atoms with Gasteiger partial charge in [-0.1, -0.05) is 0 Å². The fraction of sp³-hybridized carbons (Fsp3) is 0.0769. The van der Waals surface area contributed by atoms with Gasteiger partial charge in [0.15, 0.2) is 5.78 Å². The lowest BCUT2D eigenvalue weighted by Gasteiger charge is -2.02. The zero-order valence-electron chi connectivity index (χ0n) is 9.00. The molecule has 0 fully saturated rings. The van der Waals surface area contributed by atoms with E-state index in [1.165, 1.54) is 0 Å². The smallest absolute Gasteiger partial charge is 0.167 e. The van der Waals surface area contributed by atoms with Crippen LogP contribution in [0.4, 0.5) is 0 Å². The number of nitriles is 1. The average molecular weight is 223 g/mol. The summed E-state index contributed by atoms with van der Waals surface area (Å²) in [7, 11) is 0. The molecule has 0 unspecified atom stereocenters. The lowest BCUT2D eigenvalue weighted by Crippen LogP contribution is -2.05. The van der Waals surface area contributed by atoms with Crippen molar-refractivity contribution in [3.63, 3.8) is 0 Å². The van der Waals surface area contributed by atoms with E-state index in [1.54, 1.807) is 43.0 Å². The maximum atomic E-state index is 11.9. The molecule has 0 N–H and O–H groups in total. The Hall–Kier alpha value is -2.54. The van der Waals surface area contributed by atoms with Gasteiger partial charge in [-0.15, -0.1) is 0 Å². The van der Waals surface area contributed by atoms with Gasteiger partial charge in [0.1, 0.15) is 0 Å². The number of rotatable bonds is 3. The maximum Gasteiger partial charge on any atom is 0.167 e. The molecule has 17 heavy (non-hydrogen) atoms. The Bertz CT molecular complexity index is 573. The fourth-order valence-electron chi connectivity index (χ4n) is 1.49. The summed E-state index contributed by atoms with van der Waals surface area (Å²) in [4.78, 5) is 19.7. The molecule has 4 nitrogen and oxygen atoms in total. The normalized spacial score (nSPS) is 9.59. The van der Waals surface area contributed by atoms with E-state index >= 15 is 0 Å². The number of carbonyl (C=O) groups excluding carboxylic acids is 1. The second kappa shape index (κ2) is 4.99. The van der Waals surface area contributed by atoms with Crippen LogP contribution in [0.5, 0.6) is 0 Å². The summed E-state index contributed by atoms with van der Waals surface area (Å²) in [6.45, 7) is 0. The Morgan fingerprint density at radius 2 is 1.88 bits per heavy atom. The molecule has 0 radical (unpaired) electrons. The van der Waals surface area contributed by atoms with Crippen molar-refractivity contribution in [1.29, 1.82) is 5.26 Å². The molecule has 0 saturated carbocycles. The van der Waals surface area contributed by atoms with E-state index in [1.807, 2.05) is 6.07 Å². The molecule has 82 valence electrons. The number of pyridine rings is 2. The third kappa shape index (κ3) is 2.52. The Morgan fingerprint density at radius 3 is 2.59 bits per heavy atom. The average Bonchev–Trinajstić information content (AvgIpc) is 2.40. The zero-order valence-corrected chi connectivity index (χ0v) is 9.00. The lowest BCUT2D eigenvalue weighted by atomic mass is 10.0. The van der Waals surface area contributed by atoms with E-state index in [9.17, 15) is 4.79 Å². The topological polar surface area (TPSA) is 66.6 Å². The molecular weight excluding hydrogens is 214 g/mol. The fourth-order valence-corrected chi connectivity index (χ4v) is 1.49. The van der Waals surface area contributed by atoms with Gasteiger partial charge in [0.05, 0.1) is 11.6 Å².